The van der Waals surface area contributed by atoms with Crippen LogP contribution in [0.2, 0.25) is 0 Å². The Morgan fingerprint density at radius 3 is 1.57 bits per heavy atom. The van der Waals surface area contributed by atoms with Crippen LogP contribution in [0.3, 0.4) is 0 Å². The van der Waals surface area contributed by atoms with E-state index in [-0.39, 0.29) is 0 Å². The van der Waals surface area contributed by atoms with Crippen LogP contribution in [-0.4, -0.2) is 119 Å². The van der Waals surface area contributed by atoms with Crippen LogP contribution in [0, 0.1) is 13.8 Å². The monoisotopic (exact) mass is 643 g/mol. The average Bonchev–Trinajstić information content (AvgIpc) is 3.03. The average molecular weight is 644 g/mol. The first-order valence-corrected chi connectivity index (χ1v) is 14.9. The summed E-state index contributed by atoms with van der Waals surface area (Å²) in [6, 6.07) is 14.5. The van der Waals surface area contributed by atoms with Crippen molar-refractivity contribution in [1.82, 2.24) is 4.98 Å². The fraction of sp³-hybridized carbons (Fsp3) is 0.485. The van der Waals surface area contributed by atoms with Crippen molar-refractivity contribution in [3.63, 3.8) is 0 Å². The van der Waals surface area contributed by atoms with Crippen LogP contribution in [-0.2, 0) is 9.47 Å². The van der Waals surface area contributed by atoms with Crippen LogP contribution in [0.4, 0.5) is 0 Å². The van der Waals surface area contributed by atoms with Gasteiger partial charge in [0.05, 0.1) is 18.9 Å². The first kappa shape index (κ1) is 34.1. The standard InChI is InChI=1S/C33H41NO12/c1-16-11-18(5-7-22(16)43-30-32(3,41)28(39)26(37)24(14-35)45-30)19-9-10-34-21(13-19)20-6-8-23(17(2)12-20)44-31-33(4,42)29(40)27(38)25(15-36)46-31/h5-13,24-31,35-42H,14-15H2,1-4H3. The van der Waals surface area contributed by atoms with Gasteiger partial charge in [-0.3, -0.25) is 4.98 Å². The summed E-state index contributed by atoms with van der Waals surface area (Å²) in [6.45, 7) is 5.05. The third kappa shape index (κ3) is 6.36. The number of aliphatic hydroxyl groups is 8. The van der Waals surface area contributed by atoms with Gasteiger partial charge in [0.1, 0.15) is 48.1 Å². The number of aliphatic hydroxyl groups excluding tert-OH is 6. The van der Waals surface area contributed by atoms with Crippen molar-refractivity contribution in [1.29, 1.82) is 0 Å². The van der Waals surface area contributed by atoms with E-state index in [4.69, 9.17) is 18.9 Å². The molecule has 0 spiro atoms. The Hall–Kier alpha value is -3.21. The van der Waals surface area contributed by atoms with Crippen LogP contribution in [0.15, 0.2) is 54.7 Å². The molecule has 250 valence electrons. The first-order valence-electron chi connectivity index (χ1n) is 14.9. The maximum atomic E-state index is 10.8. The molecule has 0 radical (unpaired) electrons. The van der Waals surface area contributed by atoms with Crippen molar-refractivity contribution in [3.05, 3.63) is 65.9 Å². The summed E-state index contributed by atoms with van der Waals surface area (Å²) in [5.74, 6) is 0.744. The van der Waals surface area contributed by atoms with Gasteiger partial charge in [-0.05, 0) is 92.4 Å². The third-order valence-corrected chi connectivity index (χ3v) is 8.72. The lowest BCUT2D eigenvalue weighted by Gasteiger charge is -2.45. The number of hydrogen-bond donors (Lipinski definition) is 8. The highest BCUT2D eigenvalue weighted by molar-refractivity contribution is 5.72. The molecule has 13 nitrogen and oxygen atoms in total. The molecule has 2 aliphatic heterocycles. The Kier molecular flexibility index (Phi) is 9.74. The summed E-state index contributed by atoms with van der Waals surface area (Å²) in [5, 5.41) is 81.6. The Morgan fingerprint density at radius 2 is 1.11 bits per heavy atom. The number of pyridine rings is 1. The molecule has 2 aliphatic rings. The Morgan fingerprint density at radius 1 is 0.674 bits per heavy atom. The van der Waals surface area contributed by atoms with Crippen molar-refractivity contribution in [2.75, 3.05) is 13.2 Å². The van der Waals surface area contributed by atoms with Crippen LogP contribution in [0.1, 0.15) is 25.0 Å². The summed E-state index contributed by atoms with van der Waals surface area (Å²) in [7, 11) is 0. The predicted octanol–water partition coefficient (Wildman–Crippen LogP) is 0.170. The smallest absolute Gasteiger partial charge is 0.231 e. The molecule has 3 heterocycles. The molecule has 0 aliphatic carbocycles. The zero-order valence-electron chi connectivity index (χ0n) is 25.9. The van der Waals surface area contributed by atoms with E-state index in [2.05, 4.69) is 4.98 Å². The lowest BCUT2D eigenvalue weighted by atomic mass is 9.88. The fourth-order valence-electron chi connectivity index (χ4n) is 5.63. The molecule has 1 aromatic heterocycles. The lowest BCUT2D eigenvalue weighted by molar-refractivity contribution is -0.314. The summed E-state index contributed by atoms with van der Waals surface area (Å²) >= 11 is 0. The van der Waals surface area contributed by atoms with Crippen molar-refractivity contribution in [3.8, 4) is 33.9 Å². The maximum absolute atomic E-state index is 10.8. The number of hydrogen-bond acceptors (Lipinski definition) is 13. The zero-order valence-corrected chi connectivity index (χ0v) is 25.9. The summed E-state index contributed by atoms with van der Waals surface area (Å²) < 4.78 is 22.9. The normalized spacial score (nSPS) is 34.7. The highest BCUT2D eigenvalue weighted by Crippen LogP contribution is 2.36. The van der Waals surface area contributed by atoms with Crippen molar-refractivity contribution in [2.45, 2.75) is 88.1 Å². The van der Waals surface area contributed by atoms with Gasteiger partial charge in [0, 0.05) is 11.8 Å². The number of aromatic nitrogens is 1. The van der Waals surface area contributed by atoms with E-state index in [1.165, 1.54) is 13.8 Å². The van der Waals surface area contributed by atoms with Gasteiger partial charge in [-0.15, -0.1) is 0 Å². The Balaban J connectivity index is 1.33. The Bertz CT molecular complexity index is 1420. The summed E-state index contributed by atoms with van der Waals surface area (Å²) in [6.07, 6.45) is -9.46. The lowest BCUT2D eigenvalue weighted by Crippen LogP contribution is -2.66. The first-order chi connectivity index (χ1) is 21.7. The fourth-order valence-corrected chi connectivity index (χ4v) is 5.63. The molecule has 10 atom stereocenters. The molecule has 0 amide bonds. The molecule has 2 saturated heterocycles. The molecule has 10 unspecified atom stereocenters. The van der Waals surface area contributed by atoms with Crippen LogP contribution < -0.4 is 9.47 Å². The molecule has 13 heteroatoms. The quantitative estimate of drug-likeness (QED) is 0.165. The van der Waals surface area contributed by atoms with Crippen molar-refractivity contribution >= 4 is 0 Å². The van der Waals surface area contributed by atoms with E-state index in [0.29, 0.717) is 28.3 Å². The molecule has 2 fully saturated rings. The number of aryl methyl sites for hydroxylation is 2. The molecule has 5 rings (SSSR count). The molecular weight excluding hydrogens is 602 g/mol. The van der Waals surface area contributed by atoms with Crippen LogP contribution >= 0.6 is 0 Å². The van der Waals surface area contributed by atoms with E-state index in [9.17, 15) is 40.9 Å². The molecule has 46 heavy (non-hydrogen) atoms. The molecule has 2 aromatic carbocycles. The third-order valence-electron chi connectivity index (χ3n) is 8.72. The van der Waals surface area contributed by atoms with Gasteiger partial charge < -0.3 is 59.8 Å². The number of benzene rings is 2. The van der Waals surface area contributed by atoms with Gasteiger partial charge >= 0.3 is 0 Å². The van der Waals surface area contributed by atoms with E-state index in [1.807, 2.05) is 37.3 Å². The highest BCUT2D eigenvalue weighted by atomic mass is 16.7. The minimum atomic E-state index is -1.95. The predicted molar refractivity (Wildman–Crippen MR) is 163 cm³/mol. The second kappa shape index (κ2) is 13.1. The minimum Gasteiger partial charge on any atom is -0.461 e. The summed E-state index contributed by atoms with van der Waals surface area (Å²) in [5.41, 5.74) is 0.644. The van der Waals surface area contributed by atoms with Crippen LogP contribution in [0.5, 0.6) is 11.5 Å². The number of rotatable bonds is 8. The molecule has 0 bridgehead atoms. The maximum Gasteiger partial charge on any atom is 0.231 e. The number of ether oxygens (including phenoxy) is 4. The van der Waals surface area contributed by atoms with Crippen LogP contribution in [0.25, 0.3) is 22.4 Å². The largest absolute Gasteiger partial charge is 0.461 e. The highest BCUT2D eigenvalue weighted by Gasteiger charge is 2.54. The van der Waals surface area contributed by atoms with Gasteiger partial charge in [-0.2, -0.15) is 0 Å². The van der Waals surface area contributed by atoms with E-state index in [0.717, 1.165) is 16.7 Å². The van der Waals surface area contributed by atoms with E-state index in [1.54, 1.807) is 31.3 Å². The van der Waals surface area contributed by atoms with Gasteiger partial charge in [0.25, 0.3) is 0 Å². The molecule has 8 N–H and O–H groups in total. The van der Waals surface area contributed by atoms with Gasteiger partial charge in [-0.25, -0.2) is 0 Å². The molecule has 3 aromatic rings. The topological polar surface area (TPSA) is 212 Å². The van der Waals surface area contributed by atoms with Gasteiger partial charge in [-0.1, -0.05) is 6.07 Å². The second-order valence-electron chi connectivity index (χ2n) is 12.3. The zero-order chi connectivity index (χ0) is 33.6. The van der Waals surface area contributed by atoms with Crippen molar-refractivity contribution < 1.29 is 59.8 Å². The summed E-state index contributed by atoms with van der Waals surface area (Å²) in [4.78, 5) is 4.52. The Labute approximate surface area is 265 Å². The number of nitrogens with zero attached hydrogens (tertiary/aromatic N) is 1. The van der Waals surface area contributed by atoms with Crippen molar-refractivity contribution in [2.24, 2.45) is 0 Å². The van der Waals surface area contributed by atoms with Gasteiger partial charge in [0.15, 0.2) is 11.2 Å². The van der Waals surface area contributed by atoms with E-state index < -0.39 is 73.6 Å². The SMILES string of the molecule is Cc1cc(-c2ccnc(-c3ccc(OC4OC(CO)C(O)C(O)C4(C)O)c(C)c3)c2)ccc1OC1OC(CO)C(O)C(O)C1(C)O. The molecular formula is C33H41NO12. The van der Waals surface area contributed by atoms with Gasteiger partial charge in [0.2, 0.25) is 12.6 Å². The minimum absolute atomic E-state index is 0.366. The second-order valence-corrected chi connectivity index (χ2v) is 12.3. The molecule has 0 saturated carbocycles. The van der Waals surface area contributed by atoms with E-state index >= 15 is 0 Å².